The van der Waals surface area contributed by atoms with E-state index in [1.165, 1.54) is 11.7 Å². The lowest BCUT2D eigenvalue weighted by molar-refractivity contribution is -0.385. The van der Waals surface area contributed by atoms with Crippen LogP contribution in [0.5, 0.6) is 0 Å². The highest BCUT2D eigenvalue weighted by atomic mass is 16.6. The summed E-state index contributed by atoms with van der Waals surface area (Å²) in [5.74, 6) is -1.66. The number of nitrogens with two attached hydrogens (primary N) is 1. The summed E-state index contributed by atoms with van der Waals surface area (Å²) in [6, 6.07) is 0. The molecule has 0 fully saturated rings. The highest BCUT2D eigenvalue weighted by Crippen LogP contribution is 2.27. The van der Waals surface area contributed by atoms with Crippen molar-refractivity contribution in [3.8, 4) is 0 Å². The van der Waals surface area contributed by atoms with Crippen molar-refractivity contribution < 1.29 is 14.8 Å². The van der Waals surface area contributed by atoms with Gasteiger partial charge in [-0.15, -0.1) is 0 Å². The first kappa shape index (κ1) is 12.1. The first-order valence-corrected chi connectivity index (χ1v) is 4.55. The molecule has 0 aliphatic carbocycles. The third-order valence-corrected chi connectivity index (χ3v) is 2.25. The van der Waals surface area contributed by atoms with E-state index in [2.05, 4.69) is 5.10 Å². The minimum Gasteiger partial charge on any atom is -0.481 e. The van der Waals surface area contributed by atoms with Crippen LogP contribution < -0.4 is 5.73 Å². The molecule has 0 amide bonds. The van der Waals surface area contributed by atoms with Gasteiger partial charge in [0.25, 0.3) is 0 Å². The van der Waals surface area contributed by atoms with Crippen molar-refractivity contribution in [2.75, 3.05) is 6.54 Å². The van der Waals surface area contributed by atoms with E-state index in [1.54, 1.807) is 0 Å². The molecular formula is C8H12N4O4. The number of carboxylic acids is 1. The maximum absolute atomic E-state index is 10.7. The van der Waals surface area contributed by atoms with Crippen LogP contribution in [0.15, 0.2) is 6.20 Å². The molecule has 8 nitrogen and oxygen atoms in total. The Morgan fingerprint density at radius 2 is 2.44 bits per heavy atom. The topological polar surface area (TPSA) is 124 Å². The molecule has 1 unspecified atom stereocenters. The number of hydrogen-bond acceptors (Lipinski definition) is 5. The molecule has 0 radical (unpaired) electrons. The first-order valence-electron chi connectivity index (χ1n) is 4.55. The molecule has 1 heterocycles. The summed E-state index contributed by atoms with van der Waals surface area (Å²) in [7, 11) is 1.52. The Morgan fingerprint density at radius 1 is 1.81 bits per heavy atom. The molecule has 8 heteroatoms. The Labute approximate surface area is 90.8 Å². The summed E-state index contributed by atoms with van der Waals surface area (Å²) in [5.41, 5.74) is 5.47. The molecule has 0 aromatic carbocycles. The highest BCUT2D eigenvalue weighted by Gasteiger charge is 2.27. The lowest BCUT2D eigenvalue weighted by Crippen LogP contribution is -2.20. The second kappa shape index (κ2) is 4.71. The van der Waals surface area contributed by atoms with Crippen LogP contribution in [0.25, 0.3) is 0 Å². The van der Waals surface area contributed by atoms with Crippen molar-refractivity contribution in [3.63, 3.8) is 0 Å². The Bertz CT molecular complexity index is 414. The third kappa shape index (κ3) is 2.34. The quantitative estimate of drug-likeness (QED) is 0.533. The Morgan fingerprint density at radius 3 is 2.88 bits per heavy atom. The van der Waals surface area contributed by atoms with Crippen molar-refractivity contribution in [1.29, 1.82) is 0 Å². The summed E-state index contributed by atoms with van der Waals surface area (Å²) in [5, 5.41) is 23.1. The van der Waals surface area contributed by atoms with Crippen LogP contribution in [0.1, 0.15) is 18.0 Å². The zero-order valence-electron chi connectivity index (χ0n) is 8.66. The van der Waals surface area contributed by atoms with Crippen molar-refractivity contribution in [2.45, 2.75) is 12.3 Å². The van der Waals surface area contributed by atoms with Gasteiger partial charge in [0.2, 0.25) is 0 Å². The molecule has 1 rings (SSSR count). The van der Waals surface area contributed by atoms with Gasteiger partial charge in [-0.3, -0.25) is 19.6 Å². The zero-order chi connectivity index (χ0) is 12.3. The number of nitro groups is 1. The SMILES string of the molecule is Cn1ncc([N+](=O)[O-])c1C(CN)CC(=O)O. The second-order valence-corrected chi connectivity index (χ2v) is 3.33. The predicted molar refractivity (Wildman–Crippen MR) is 53.9 cm³/mol. The number of carboxylic acid groups (broad SMARTS) is 1. The van der Waals surface area contributed by atoms with Crippen molar-refractivity contribution >= 4 is 11.7 Å². The lowest BCUT2D eigenvalue weighted by atomic mass is 10.0. The molecule has 1 aromatic rings. The van der Waals surface area contributed by atoms with Gasteiger partial charge >= 0.3 is 11.7 Å². The summed E-state index contributed by atoms with van der Waals surface area (Å²) in [4.78, 5) is 20.7. The van der Waals surface area contributed by atoms with E-state index in [0.29, 0.717) is 0 Å². The smallest absolute Gasteiger partial charge is 0.310 e. The Hall–Kier alpha value is -1.96. The zero-order valence-corrected chi connectivity index (χ0v) is 8.66. The van der Waals surface area contributed by atoms with Crippen molar-refractivity contribution in [2.24, 2.45) is 12.8 Å². The average Bonchev–Trinajstić information content (AvgIpc) is 2.56. The molecule has 0 bridgehead atoms. The molecule has 0 aliphatic heterocycles. The van der Waals surface area contributed by atoms with Gasteiger partial charge in [0.15, 0.2) is 0 Å². The number of aryl methyl sites for hydroxylation is 1. The fourth-order valence-electron chi connectivity index (χ4n) is 1.55. The van der Waals surface area contributed by atoms with Crippen LogP contribution in [0.2, 0.25) is 0 Å². The number of carbonyl (C=O) groups is 1. The number of hydrogen-bond donors (Lipinski definition) is 2. The maximum Gasteiger partial charge on any atom is 0.310 e. The average molecular weight is 228 g/mol. The first-order chi connectivity index (χ1) is 7.47. The third-order valence-electron chi connectivity index (χ3n) is 2.25. The van der Waals surface area contributed by atoms with Gasteiger partial charge in [-0.05, 0) is 0 Å². The maximum atomic E-state index is 10.7. The van der Waals surface area contributed by atoms with Gasteiger partial charge < -0.3 is 10.8 Å². The molecular weight excluding hydrogens is 216 g/mol. The van der Waals surface area contributed by atoms with Gasteiger partial charge in [-0.1, -0.05) is 0 Å². The largest absolute Gasteiger partial charge is 0.481 e. The van der Waals surface area contributed by atoms with Gasteiger partial charge in [0.1, 0.15) is 11.9 Å². The molecule has 88 valence electrons. The second-order valence-electron chi connectivity index (χ2n) is 3.33. The molecule has 16 heavy (non-hydrogen) atoms. The van der Waals surface area contributed by atoms with Crippen LogP contribution in [-0.2, 0) is 11.8 Å². The Balaban J connectivity index is 3.12. The highest BCUT2D eigenvalue weighted by molar-refractivity contribution is 5.68. The van der Waals surface area contributed by atoms with Crippen LogP contribution in [-0.4, -0.2) is 32.3 Å². The lowest BCUT2D eigenvalue weighted by Gasteiger charge is -2.11. The summed E-state index contributed by atoms with van der Waals surface area (Å²) in [6.45, 7) is 0.0205. The Kier molecular flexibility index (Phi) is 3.56. The number of rotatable bonds is 5. The molecule has 1 atom stereocenters. The van der Waals surface area contributed by atoms with Crippen molar-refractivity contribution in [3.05, 3.63) is 22.0 Å². The summed E-state index contributed by atoms with van der Waals surface area (Å²) >= 11 is 0. The van der Waals surface area contributed by atoms with E-state index in [-0.39, 0.29) is 24.3 Å². The van der Waals surface area contributed by atoms with E-state index >= 15 is 0 Å². The van der Waals surface area contributed by atoms with Crippen LogP contribution >= 0.6 is 0 Å². The molecule has 0 aliphatic rings. The summed E-state index contributed by atoms with van der Waals surface area (Å²) in [6.07, 6.45) is 0.844. The van der Waals surface area contributed by atoms with Gasteiger partial charge in [-0.2, -0.15) is 5.10 Å². The fraction of sp³-hybridized carbons (Fsp3) is 0.500. The number of nitrogens with zero attached hydrogens (tertiary/aromatic N) is 3. The molecule has 0 saturated heterocycles. The van der Waals surface area contributed by atoms with E-state index in [0.717, 1.165) is 6.20 Å². The van der Waals surface area contributed by atoms with Crippen LogP contribution in [0, 0.1) is 10.1 Å². The minimum atomic E-state index is -1.05. The molecule has 0 spiro atoms. The van der Waals surface area contributed by atoms with Gasteiger partial charge in [-0.25, -0.2) is 0 Å². The summed E-state index contributed by atoms with van der Waals surface area (Å²) < 4.78 is 1.29. The monoisotopic (exact) mass is 228 g/mol. The van der Waals surface area contributed by atoms with E-state index in [1.807, 2.05) is 0 Å². The van der Waals surface area contributed by atoms with E-state index in [4.69, 9.17) is 10.8 Å². The van der Waals surface area contributed by atoms with Gasteiger partial charge in [0.05, 0.1) is 11.3 Å². The number of aromatic nitrogens is 2. The molecule has 3 N–H and O–H groups in total. The van der Waals surface area contributed by atoms with E-state index < -0.39 is 16.8 Å². The van der Waals surface area contributed by atoms with Gasteiger partial charge in [0, 0.05) is 19.5 Å². The fourth-order valence-corrected chi connectivity index (χ4v) is 1.55. The standard InChI is InChI=1S/C8H12N4O4/c1-11-8(5(3-9)2-7(13)14)6(4-10-11)12(15)16/h4-5H,2-3,9H2,1H3,(H,13,14). The predicted octanol–water partition coefficient (Wildman–Crippen LogP) is -0.155. The number of aliphatic carboxylic acids is 1. The van der Waals surface area contributed by atoms with Crippen LogP contribution in [0.3, 0.4) is 0 Å². The van der Waals surface area contributed by atoms with Crippen LogP contribution in [0.4, 0.5) is 5.69 Å². The van der Waals surface area contributed by atoms with E-state index in [9.17, 15) is 14.9 Å². The van der Waals surface area contributed by atoms with Crippen molar-refractivity contribution in [1.82, 2.24) is 9.78 Å². The minimum absolute atomic E-state index is 0.0205. The molecule has 1 aromatic heterocycles. The normalized spacial score (nSPS) is 12.4. The molecule has 0 saturated carbocycles.